The minimum atomic E-state index is -0.133. The summed E-state index contributed by atoms with van der Waals surface area (Å²) >= 11 is 3.28. The van der Waals surface area contributed by atoms with E-state index in [0.717, 1.165) is 17.0 Å². The highest BCUT2D eigenvalue weighted by molar-refractivity contribution is 9.10. The Kier molecular flexibility index (Phi) is 3.14. The summed E-state index contributed by atoms with van der Waals surface area (Å²) in [7, 11) is 0. The number of aromatic amines is 1. The number of nitrogens with one attached hydrogen (secondary N) is 1. The predicted octanol–water partition coefficient (Wildman–Crippen LogP) is 2.62. The number of benzene rings is 1. The highest BCUT2D eigenvalue weighted by Gasteiger charge is 2.27. The van der Waals surface area contributed by atoms with Crippen LogP contribution in [0.2, 0.25) is 0 Å². The summed E-state index contributed by atoms with van der Waals surface area (Å²) in [5.41, 5.74) is 1.73. The first-order valence-corrected chi connectivity index (χ1v) is 7.00. The normalized spacial score (nSPS) is 17.1. The molecular formula is C14H13BrN2O2. The van der Waals surface area contributed by atoms with Crippen LogP contribution in [0.4, 0.5) is 0 Å². The van der Waals surface area contributed by atoms with Gasteiger partial charge in [-0.1, -0.05) is 25.1 Å². The van der Waals surface area contributed by atoms with Crippen molar-refractivity contribution in [3.05, 3.63) is 56.2 Å². The lowest BCUT2D eigenvalue weighted by molar-refractivity contribution is 0.339. The van der Waals surface area contributed by atoms with Crippen molar-refractivity contribution in [2.75, 3.05) is 6.61 Å². The maximum absolute atomic E-state index is 11.9. The quantitative estimate of drug-likeness (QED) is 0.925. The topological polar surface area (TPSA) is 55.0 Å². The molecule has 3 rings (SSSR count). The highest BCUT2D eigenvalue weighted by Crippen LogP contribution is 2.36. The Balaban J connectivity index is 2.10. The standard InChI is InChI=1S/C14H13BrN2O2/c1-2-10-12(15)14(18)17-13(16-10)9-7-19-11-6-4-3-5-8(9)11/h3-6,9H,2,7H2,1H3,(H,16,17,18). The van der Waals surface area contributed by atoms with Gasteiger partial charge in [0.25, 0.3) is 5.56 Å². The predicted molar refractivity (Wildman–Crippen MR) is 75.7 cm³/mol. The van der Waals surface area contributed by atoms with E-state index in [-0.39, 0.29) is 11.5 Å². The lowest BCUT2D eigenvalue weighted by Crippen LogP contribution is -2.19. The van der Waals surface area contributed by atoms with Crippen LogP contribution in [-0.4, -0.2) is 16.6 Å². The van der Waals surface area contributed by atoms with Gasteiger partial charge < -0.3 is 9.72 Å². The maximum atomic E-state index is 11.9. The van der Waals surface area contributed by atoms with Crippen molar-refractivity contribution in [1.29, 1.82) is 0 Å². The van der Waals surface area contributed by atoms with Gasteiger partial charge in [-0.15, -0.1) is 0 Å². The number of ether oxygens (including phenoxy) is 1. The molecule has 0 bridgehead atoms. The molecule has 0 aliphatic carbocycles. The number of halogens is 1. The van der Waals surface area contributed by atoms with Crippen molar-refractivity contribution in [3.63, 3.8) is 0 Å². The summed E-state index contributed by atoms with van der Waals surface area (Å²) in [4.78, 5) is 19.3. The molecule has 1 unspecified atom stereocenters. The molecule has 1 aromatic heterocycles. The average molecular weight is 321 g/mol. The van der Waals surface area contributed by atoms with Crippen molar-refractivity contribution in [1.82, 2.24) is 9.97 Å². The highest BCUT2D eigenvalue weighted by atomic mass is 79.9. The van der Waals surface area contributed by atoms with E-state index in [2.05, 4.69) is 25.9 Å². The van der Waals surface area contributed by atoms with E-state index < -0.39 is 0 Å². The van der Waals surface area contributed by atoms with Crippen molar-refractivity contribution in [2.45, 2.75) is 19.3 Å². The number of para-hydroxylation sites is 1. The fraction of sp³-hybridized carbons (Fsp3) is 0.286. The fourth-order valence-electron chi connectivity index (χ4n) is 2.31. The van der Waals surface area contributed by atoms with Crippen molar-refractivity contribution in [3.8, 4) is 5.75 Å². The molecule has 0 amide bonds. The molecule has 0 saturated carbocycles. The SMILES string of the molecule is CCc1nc(C2COc3ccccc32)[nH]c(=O)c1Br. The Morgan fingerprint density at radius 2 is 2.26 bits per heavy atom. The molecule has 19 heavy (non-hydrogen) atoms. The maximum Gasteiger partial charge on any atom is 0.265 e. The van der Waals surface area contributed by atoms with E-state index in [4.69, 9.17) is 4.74 Å². The minimum absolute atomic E-state index is 0.00213. The van der Waals surface area contributed by atoms with Gasteiger partial charge >= 0.3 is 0 Å². The second kappa shape index (κ2) is 4.81. The molecule has 5 heteroatoms. The van der Waals surface area contributed by atoms with Crippen LogP contribution in [0.3, 0.4) is 0 Å². The van der Waals surface area contributed by atoms with Crippen LogP contribution in [0.1, 0.15) is 29.9 Å². The second-order valence-electron chi connectivity index (χ2n) is 4.47. The van der Waals surface area contributed by atoms with Crippen LogP contribution in [0.5, 0.6) is 5.75 Å². The zero-order valence-corrected chi connectivity index (χ0v) is 12.0. The van der Waals surface area contributed by atoms with E-state index >= 15 is 0 Å². The van der Waals surface area contributed by atoms with Gasteiger partial charge in [0.2, 0.25) is 0 Å². The van der Waals surface area contributed by atoms with Gasteiger partial charge in [-0.25, -0.2) is 4.98 Å². The van der Waals surface area contributed by atoms with Crippen LogP contribution < -0.4 is 10.3 Å². The van der Waals surface area contributed by atoms with Gasteiger partial charge in [0, 0.05) is 5.56 Å². The molecule has 4 nitrogen and oxygen atoms in total. The monoisotopic (exact) mass is 320 g/mol. The van der Waals surface area contributed by atoms with Gasteiger partial charge in [-0.2, -0.15) is 0 Å². The lowest BCUT2D eigenvalue weighted by Gasteiger charge is -2.10. The third kappa shape index (κ3) is 2.08. The molecule has 0 fully saturated rings. The molecule has 1 atom stereocenters. The first-order chi connectivity index (χ1) is 9.20. The van der Waals surface area contributed by atoms with E-state index in [0.29, 0.717) is 23.3 Å². The van der Waals surface area contributed by atoms with E-state index in [9.17, 15) is 4.79 Å². The number of aryl methyl sites for hydroxylation is 1. The summed E-state index contributed by atoms with van der Waals surface area (Å²) in [6, 6.07) is 7.86. The largest absolute Gasteiger partial charge is 0.492 e. The number of nitrogens with zero attached hydrogens (tertiary/aromatic N) is 1. The summed E-state index contributed by atoms with van der Waals surface area (Å²) in [6.45, 7) is 2.50. The van der Waals surface area contributed by atoms with Gasteiger partial charge in [0.05, 0.1) is 11.6 Å². The molecule has 0 radical (unpaired) electrons. The van der Waals surface area contributed by atoms with E-state index in [1.54, 1.807) is 0 Å². The molecule has 0 saturated heterocycles. The summed E-state index contributed by atoms with van der Waals surface area (Å²) in [6.07, 6.45) is 0.715. The Morgan fingerprint density at radius 3 is 3.05 bits per heavy atom. The van der Waals surface area contributed by atoms with Crippen molar-refractivity contribution >= 4 is 15.9 Å². The first kappa shape index (κ1) is 12.4. The van der Waals surface area contributed by atoms with Crippen LogP contribution in [0.25, 0.3) is 0 Å². The van der Waals surface area contributed by atoms with Gasteiger partial charge in [-0.05, 0) is 28.4 Å². The summed E-state index contributed by atoms with van der Waals surface area (Å²) in [5.74, 6) is 1.55. The number of hydrogen-bond donors (Lipinski definition) is 1. The first-order valence-electron chi connectivity index (χ1n) is 6.21. The third-order valence-electron chi connectivity index (χ3n) is 3.31. The van der Waals surface area contributed by atoms with Crippen molar-refractivity contribution < 1.29 is 4.74 Å². The van der Waals surface area contributed by atoms with E-state index in [1.165, 1.54) is 0 Å². The van der Waals surface area contributed by atoms with Gasteiger partial charge in [-0.3, -0.25) is 4.79 Å². The lowest BCUT2D eigenvalue weighted by atomic mass is 10.0. The second-order valence-corrected chi connectivity index (χ2v) is 5.26. The number of fused-ring (bicyclic) bond motifs is 1. The Labute approximate surface area is 119 Å². The molecule has 1 N–H and O–H groups in total. The van der Waals surface area contributed by atoms with Crippen LogP contribution in [0.15, 0.2) is 33.5 Å². The number of hydrogen-bond acceptors (Lipinski definition) is 3. The van der Waals surface area contributed by atoms with Gasteiger partial charge in [0.15, 0.2) is 0 Å². The number of aromatic nitrogens is 2. The van der Waals surface area contributed by atoms with Crippen molar-refractivity contribution in [2.24, 2.45) is 0 Å². The molecule has 1 aromatic carbocycles. The Morgan fingerprint density at radius 1 is 1.47 bits per heavy atom. The third-order valence-corrected chi connectivity index (χ3v) is 4.13. The van der Waals surface area contributed by atoms with Crippen LogP contribution in [-0.2, 0) is 6.42 Å². The zero-order chi connectivity index (χ0) is 13.4. The molecule has 1 aliphatic heterocycles. The smallest absolute Gasteiger partial charge is 0.265 e. The summed E-state index contributed by atoms with van der Waals surface area (Å²) in [5, 5.41) is 0. The fourth-order valence-corrected chi connectivity index (χ4v) is 2.78. The molecule has 1 aliphatic rings. The van der Waals surface area contributed by atoms with Crippen LogP contribution in [0, 0.1) is 0 Å². The molecule has 2 heterocycles. The van der Waals surface area contributed by atoms with E-state index in [1.807, 2.05) is 31.2 Å². The Hall–Kier alpha value is -1.62. The molecule has 0 spiro atoms. The zero-order valence-electron chi connectivity index (χ0n) is 10.4. The number of H-pyrrole nitrogens is 1. The summed E-state index contributed by atoms with van der Waals surface area (Å²) < 4.78 is 6.15. The van der Waals surface area contributed by atoms with Crippen LogP contribution >= 0.6 is 15.9 Å². The number of rotatable bonds is 2. The molecule has 2 aromatic rings. The molecule has 98 valence electrons. The Bertz CT molecular complexity index is 681. The minimum Gasteiger partial charge on any atom is -0.492 e. The molecular weight excluding hydrogens is 308 g/mol. The van der Waals surface area contributed by atoms with Gasteiger partial charge in [0.1, 0.15) is 22.7 Å². The average Bonchev–Trinajstić information content (AvgIpc) is 2.85.